The Kier molecular flexibility index (Phi) is 6.94. The Hall–Kier alpha value is -0.240. The molecular formula is C14H21Cl2N. The predicted molar refractivity (Wildman–Crippen MR) is 77.2 cm³/mol. The zero-order valence-electron chi connectivity index (χ0n) is 10.6. The fourth-order valence-corrected chi connectivity index (χ4v) is 2.43. The summed E-state index contributed by atoms with van der Waals surface area (Å²) in [6.45, 7) is 2.23. The molecule has 0 spiro atoms. The number of unbranched alkanes of at least 4 members (excludes halogenated alkanes) is 2. The molecule has 3 heteroatoms. The molecule has 0 heterocycles. The van der Waals surface area contributed by atoms with E-state index in [1.54, 1.807) is 0 Å². The summed E-state index contributed by atoms with van der Waals surface area (Å²) in [7, 11) is 2.01. The van der Waals surface area contributed by atoms with Gasteiger partial charge in [-0.05, 0) is 37.6 Å². The number of nitrogens with one attached hydrogen (secondary N) is 1. The van der Waals surface area contributed by atoms with Gasteiger partial charge in [-0.3, -0.25) is 0 Å². The predicted octanol–water partition coefficient (Wildman–Crippen LogP) is 4.70. The maximum absolute atomic E-state index is 6.18. The molecule has 0 aliphatic rings. The second-order valence-electron chi connectivity index (χ2n) is 4.42. The highest BCUT2D eigenvalue weighted by Gasteiger charge is 2.09. The molecule has 0 saturated heterocycles. The molecule has 1 aromatic carbocycles. The second kappa shape index (κ2) is 7.97. The van der Waals surface area contributed by atoms with E-state index in [0.717, 1.165) is 11.4 Å². The summed E-state index contributed by atoms with van der Waals surface area (Å²) in [6, 6.07) is 6.24. The molecule has 96 valence electrons. The van der Waals surface area contributed by atoms with E-state index in [4.69, 9.17) is 23.2 Å². The molecule has 0 aromatic heterocycles. The maximum atomic E-state index is 6.18. The smallest absolute Gasteiger partial charge is 0.0453 e. The first-order valence-corrected chi connectivity index (χ1v) is 7.04. The van der Waals surface area contributed by atoms with E-state index in [1.807, 2.05) is 25.2 Å². The van der Waals surface area contributed by atoms with Gasteiger partial charge in [0.1, 0.15) is 0 Å². The molecule has 0 saturated carbocycles. The van der Waals surface area contributed by atoms with Gasteiger partial charge < -0.3 is 5.32 Å². The van der Waals surface area contributed by atoms with E-state index in [9.17, 15) is 0 Å². The van der Waals surface area contributed by atoms with E-state index in [-0.39, 0.29) is 0 Å². The van der Waals surface area contributed by atoms with Crippen molar-refractivity contribution in [3.05, 3.63) is 33.8 Å². The summed E-state index contributed by atoms with van der Waals surface area (Å²) in [5.74, 6) is 0. The van der Waals surface area contributed by atoms with Crippen molar-refractivity contribution in [2.75, 3.05) is 7.05 Å². The van der Waals surface area contributed by atoms with E-state index >= 15 is 0 Å². The van der Waals surface area contributed by atoms with Crippen LogP contribution >= 0.6 is 23.2 Å². The van der Waals surface area contributed by atoms with Crippen molar-refractivity contribution < 1.29 is 0 Å². The Labute approximate surface area is 115 Å². The SMILES string of the molecule is CCCCCC(Cc1ccc(Cl)cc1Cl)NC. The molecule has 0 fully saturated rings. The average molecular weight is 274 g/mol. The average Bonchev–Trinajstić information content (AvgIpc) is 2.31. The van der Waals surface area contributed by atoms with E-state index in [1.165, 1.54) is 31.2 Å². The van der Waals surface area contributed by atoms with Crippen molar-refractivity contribution in [1.82, 2.24) is 5.32 Å². The maximum Gasteiger partial charge on any atom is 0.0453 e. The molecule has 17 heavy (non-hydrogen) atoms. The first kappa shape index (κ1) is 14.8. The standard InChI is InChI=1S/C14H21Cl2N/c1-3-4-5-6-13(17-2)9-11-7-8-12(15)10-14(11)16/h7-8,10,13,17H,3-6,9H2,1-2H3. The van der Waals surface area contributed by atoms with Gasteiger partial charge in [0.2, 0.25) is 0 Å². The lowest BCUT2D eigenvalue weighted by molar-refractivity contribution is 0.490. The molecule has 1 aromatic rings. The van der Waals surface area contributed by atoms with Crippen LogP contribution in [0.5, 0.6) is 0 Å². The minimum absolute atomic E-state index is 0.500. The van der Waals surface area contributed by atoms with Gasteiger partial charge in [-0.1, -0.05) is 55.5 Å². The van der Waals surface area contributed by atoms with Crippen molar-refractivity contribution in [2.24, 2.45) is 0 Å². The van der Waals surface area contributed by atoms with Gasteiger partial charge in [0, 0.05) is 16.1 Å². The fraction of sp³-hybridized carbons (Fsp3) is 0.571. The zero-order chi connectivity index (χ0) is 12.7. The van der Waals surface area contributed by atoms with Crippen LogP contribution in [0.3, 0.4) is 0 Å². The molecule has 0 bridgehead atoms. The normalized spacial score (nSPS) is 12.7. The Bertz CT molecular complexity index is 339. The van der Waals surface area contributed by atoms with Crippen LogP contribution in [0, 0.1) is 0 Å². The lowest BCUT2D eigenvalue weighted by Crippen LogP contribution is -2.27. The van der Waals surface area contributed by atoms with Gasteiger partial charge >= 0.3 is 0 Å². The molecule has 1 unspecified atom stereocenters. The monoisotopic (exact) mass is 273 g/mol. The first-order chi connectivity index (χ1) is 8.17. The first-order valence-electron chi connectivity index (χ1n) is 6.28. The summed E-state index contributed by atoms with van der Waals surface area (Å²) < 4.78 is 0. The molecule has 0 aliphatic heterocycles. The highest BCUT2D eigenvalue weighted by atomic mass is 35.5. The van der Waals surface area contributed by atoms with Gasteiger partial charge in [-0.15, -0.1) is 0 Å². The summed E-state index contributed by atoms with van der Waals surface area (Å²) >= 11 is 12.1. The fourth-order valence-electron chi connectivity index (χ4n) is 1.94. The number of benzene rings is 1. The Morgan fingerprint density at radius 3 is 2.59 bits per heavy atom. The molecule has 1 nitrogen and oxygen atoms in total. The van der Waals surface area contributed by atoms with Gasteiger partial charge in [0.05, 0.1) is 0 Å². The number of rotatable bonds is 7. The van der Waals surface area contributed by atoms with Gasteiger partial charge in [0.15, 0.2) is 0 Å². The highest BCUT2D eigenvalue weighted by molar-refractivity contribution is 6.35. The lowest BCUT2D eigenvalue weighted by atomic mass is 10.0. The third-order valence-corrected chi connectivity index (χ3v) is 3.63. The summed E-state index contributed by atoms with van der Waals surface area (Å²) in [4.78, 5) is 0. The number of likely N-dealkylation sites (N-methyl/N-ethyl adjacent to an activating group) is 1. The van der Waals surface area contributed by atoms with Crippen molar-refractivity contribution in [3.63, 3.8) is 0 Å². The van der Waals surface area contributed by atoms with Crippen molar-refractivity contribution in [3.8, 4) is 0 Å². The Morgan fingerprint density at radius 2 is 2.00 bits per heavy atom. The topological polar surface area (TPSA) is 12.0 Å². The largest absolute Gasteiger partial charge is 0.317 e. The van der Waals surface area contributed by atoms with Crippen molar-refractivity contribution in [2.45, 2.75) is 45.1 Å². The van der Waals surface area contributed by atoms with Crippen LogP contribution in [0.25, 0.3) is 0 Å². The number of halogens is 2. The molecular weight excluding hydrogens is 253 g/mol. The number of hydrogen-bond donors (Lipinski definition) is 1. The molecule has 0 amide bonds. The lowest BCUT2D eigenvalue weighted by Gasteiger charge is -2.17. The van der Waals surface area contributed by atoms with Crippen LogP contribution in [-0.2, 0) is 6.42 Å². The van der Waals surface area contributed by atoms with Crippen molar-refractivity contribution in [1.29, 1.82) is 0 Å². The van der Waals surface area contributed by atoms with Crippen LogP contribution in [0.15, 0.2) is 18.2 Å². The zero-order valence-corrected chi connectivity index (χ0v) is 12.1. The van der Waals surface area contributed by atoms with Gasteiger partial charge in [-0.25, -0.2) is 0 Å². The van der Waals surface area contributed by atoms with Crippen LogP contribution in [0.1, 0.15) is 38.2 Å². The number of hydrogen-bond acceptors (Lipinski definition) is 1. The summed E-state index contributed by atoms with van der Waals surface area (Å²) in [6.07, 6.45) is 6.00. The van der Waals surface area contributed by atoms with Crippen molar-refractivity contribution >= 4 is 23.2 Å². The second-order valence-corrected chi connectivity index (χ2v) is 5.26. The minimum atomic E-state index is 0.500. The van der Waals surface area contributed by atoms with Gasteiger partial charge in [-0.2, -0.15) is 0 Å². The molecule has 1 atom stereocenters. The summed E-state index contributed by atoms with van der Waals surface area (Å²) in [5, 5.41) is 4.83. The van der Waals surface area contributed by atoms with E-state index < -0.39 is 0 Å². The Balaban J connectivity index is 2.54. The third-order valence-electron chi connectivity index (χ3n) is 3.05. The van der Waals surface area contributed by atoms with E-state index in [2.05, 4.69) is 12.2 Å². The highest BCUT2D eigenvalue weighted by Crippen LogP contribution is 2.23. The van der Waals surface area contributed by atoms with Crippen LogP contribution in [-0.4, -0.2) is 13.1 Å². The van der Waals surface area contributed by atoms with Crippen LogP contribution in [0.4, 0.5) is 0 Å². The van der Waals surface area contributed by atoms with Crippen LogP contribution in [0.2, 0.25) is 10.0 Å². The Morgan fingerprint density at radius 1 is 1.24 bits per heavy atom. The third kappa shape index (κ3) is 5.29. The molecule has 0 aliphatic carbocycles. The minimum Gasteiger partial charge on any atom is -0.317 e. The van der Waals surface area contributed by atoms with E-state index in [0.29, 0.717) is 11.1 Å². The van der Waals surface area contributed by atoms with Crippen LogP contribution < -0.4 is 5.32 Å². The molecule has 0 radical (unpaired) electrons. The summed E-state index contributed by atoms with van der Waals surface area (Å²) in [5.41, 5.74) is 1.17. The molecule has 1 rings (SSSR count). The van der Waals surface area contributed by atoms with Gasteiger partial charge in [0.25, 0.3) is 0 Å². The molecule has 1 N–H and O–H groups in total. The quantitative estimate of drug-likeness (QED) is 0.710.